The summed E-state index contributed by atoms with van der Waals surface area (Å²) in [5.74, 6) is 0. The van der Waals surface area contributed by atoms with Crippen LogP contribution in [0, 0.1) is 0 Å². The van der Waals surface area contributed by atoms with E-state index < -0.39 is 0 Å². The van der Waals surface area contributed by atoms with Crippen molar-refractivity contribution in [3.05, 3.63) is 522 Å². The topological polar surface area (TPSA) is 61.4 Å². The van der Waals surface area contributed by atoms with Gasteiger partial charge in [-0.1, -0.05) is 419 Å². The monoisotopic (exact) mass is 1800 g/mol. The van der Waals surface area contributed by atoms with Gasteiger partial charge in [0.15, 0.2) is 0 Å². The molecule has 6 nitrogen and oxygen atoms in total. The highest BCUT2D eigenvalue weighted by Crippen LogP contribution is 2.51. The molecular formula is C136H86N6. The van der Waals surface area contributed by atoms with Crippen molar-refractivity contribution in [3.8, 4) is 145 Å². The van der Waals surface area contributed by atoms with Gasteiger partial charge < -0.3 is 9.13 Å². The van der Waals surface area contributed by atoms with Gasteiger partial charge in [-0.2, -0.15) is 0 Å². The predicted octanol–water partition coefficient (Wildman–Crippen LogP) is 36.4. The van der Waals surface area contributed by atoms with E-state index in [1.54, 1.807) is 0 Å². The van der Waals surface area contributed by atoms with E-state index in [1.165, 1.54) is 148 Å². The molecule has 0 amide bonds. The first kappa shape index (κ1) is 82.6. The lowest BCUT2D eigenvalue weighted by atomic mass is 9.92. The Morgan fingerprint density at radius 2 is 0.380 bits per heavy atom. The van der Waals surface area contributed by atoms with Crippen LogP contribution in [0.5, 0.6) is 0 Å². The minimum Gasteiger partial charge on any atom is -0.309 e. The van der Waals surface area contributed by atoms with Crippen LogP contribution in [0.2, 0.25) is 0 Å². The minimum absolute atomic E-state index is 0.846. The highest BCUT2D eigenvalue weighted by molar-refractivity contribution is 6.33. The van der Waals surface area contributed by atoms with Crippen molar-refractivity contribution in [1.29, 1.82) is 0 Å². The molecule has 0 atom stereocenters. The van der Waals surface area contributed by atoms with Crippen LogP contribution in [0.25, 0.3) is 276 Å². The Morgan fingerprint density at radius 3 is 0.768 bits per heavy atom. The molecule has 6 heteroatoms. The molecule has 0 aliphatic rings. The fourth-order valence-electron chi connectivity index (χ4n) is 22.1. The molecule has 28 rings (SSSR count). The lowest BCUT2D eigenvalue weighted by Crippen LogP contribution is -1.99. The first-order valence-electron chi connectivity index (χ1n) is 48.6. The van der Waals surface area contributed by atoms with Gasteiger partial charge in [-0.25, -0.2) is 19.9 Å². The number of aromatic nitrogens is 6. The second kappa shape index (κ2) is 34.7. The maximum Gasteiger partial charge on any atom is 0.0979 e. The van der Waals surface area contributed by atoms with E-state index in [1.807, 2.05) is 24.3 Å². The Labute approximate surface area is 820 Å². The first-order valence-corrected chi connectivity index (χ1v) is 48.6. The Balaban J connectivity index is 0.000000142. The molecule has 0 aliphatic carbocycles. The van der Waals surface area contributed by atoms with E-state index in [0.717, 1.165) is 128 Å². The quantitative estimate of drug-likeness (QED) is 0.109. The zero-order chi connectivity index (χ0) is 93.7. The van der Waals surface area contributed by atoms with Crippen molar-refractivity contribution in [3.63, 3.8) is 0 Å². The highest BCUT2D eigenvalue weighted by atomic mass is 15.0. The molecule has 0 bridgehead atoms. The summed E-state index contributed by atoms with van der Waals surface area (Å²) in [6, 6.07) is 188. The van der Waals surface area contributed by atoms with Crippen molar-refractivity contribution >= 4 is 130 Å². The molecule has 0 saturated heterocycles. The number of para-hydroxylation sites is 4. The van der Waals surface area contributed by atoms with E-state index in [2.05, 4.69) is 507 Å². The van der Waals surface area contributed by atoms with Gasteiger partial charge in [0, 0.05) is 54.6 Å². The summed E-state index contributed by atoms with van der Waals surface area (Å²) >= 11 is 0. The molecule has 0 aliphatic heterocycles. The van der Waals surface area contributed by atoms with Crippen LogP contribution in [0.1, 0.15) is 0 Å². The summed E-state index contributed by atoms with van der Waals surface area (Å²) < 4.78 is 5.02. The molecule has 0 saturated carbocycles. The molecule has 0 N–H and O–H groups in total. The van der Waals surface area contributed by atoms with Crippen molar-refractivity contribution in [2.45, 2.75) is 0 Å². The number of nitrogens with zero attached hydrogens (tertiary/aromatic N) is 6. The van der Waals surface area contributed by atoms with Gasteiger partial charge >= 0.3 is 0 Å². The van der Waals surface area contributed by atoms with Crippen molar-refractivity contribution in [2.75, 3.05) is 0 Å². The minimum atomic E-state index is 0.846. The lowest BCUT2D eigenvalue weighted by molar-refractivity contribution is 1.20. The maximum atomic E-state index is 5.48. The molecule has 4 aromatic heterocycles. The van der Waals surface area contributed by atoms with Crippen LogP contribution in [-0.4, -0.2) is 29.1 Å². The van der Waals surface area contributed by atoms with Gasteiger partial charge in [0.25, 0.3) is 0 Å². The number of hydrogen-bond donors (Lipinski definition) is 0. The molecule has 0 fully saturated rings. The fraction of sp³-hybridized carbons (Fsp3) is 0. The lowest BCUT2D eigenvalue weighted by Gasteiger charge is -2.17. The van der Waals surface area contributed by atoms with Crippen LogP contribution < -0.4 is 0 Å². The molecule has 28 aromatic rings. The zero-order valence-corrected chi connectivity index (χ0v) is 77.3. The van der Waals surface area contributed by atoms with Gasteiger partial charge in [-0.15, -0.1) is 0 Å². The Bertz CT molecular complexity index is 9830. The molecule has 660 valence electrons. The zero-order valence-electron chi connectivity index (χ0n) is 77.3. The third kappa shape index (κ3) is 14.3. The summed E-state index contributed by atoms with van der Waals surface area (Å²) in [6.07, 6.45) is 0. The molecule has 24 aromatic carbocycles. The molecule has 142 heavy (non-hydrogen) atoms. The van der Waals surface area contributed by atoms with Crippen molar-refractivity contribution in [1.82, 2.24) is 29.1 Å². The molecule has 0 spiro atoms. The van der Waals surface area contributed by atoms with Gasteiger partial charge in [-0.3, -0.25) is 0 Å². The van der Waals surface area contributed by atoms with Gasteiger partial charge in [0.05, 0.1) is 78.3 Å². The number of benzene rings is 24. The fourth-order valence-corrected chi connectivity index (χ4v) is 22.1. The van der Waals surface area contributed by atoms with E-state index in [9.17, 15) is 0 Å². The number of fused-ring (bicyclic) bond motifs is 18. The number of rotatable bonds is 14. The summed E-state index contributed by atoms with van der Waals surface area (Å²) in [4.78, 5) is 21.8. The normalized spacial score (nSPS) is 11.7. The average Bonchev–Trinajstić information content (AvgIpc) is 1.53. The summed E-state index contributed by atoms with van der Waals surface area (Å²) in [5.41, 5.74) is 36.8. The van der Waals surface area contributed by atoms with Crippen LogP contribution >= 0.6 is 0 Å². The summed E-state index contributed by atoms with van der Waals surface area (Å²) in [5, 5.41) is 19.4. The molecule has 0 radical (unpaired) electrons. The Kier molecular flexibility index (Phi) is 20.2. The van der Waals surface area contributed by atoms with E-state index in [-0.39, 0.29) is 0 Å². The molecular weight excluding hydrogens is 1720 g/mol. The molecule has 0 unspecified atom stereocenters. The Hall–Kier alpha value is -18.9. The van der Waals surface area contributed by atoms with Crippen molar-refractivity contribution in [2.24, 2.45) is 0 Å². The van der Waals surface area contributed by atoms with E-state index in [0.29, 0.717) is 0 Å². The van der Waals surface area contributed by atoms with Crippen LogP contribution in [-0.2, 0) is 0 Å². The first-order chi connectivity index (χ1) is 70.4. The second-order valence-electron chi connectivity index (χ2n) is 36.9. The Morgan fingerprint density at radius 1 is 0.127 bits per heavy atom. The van der Waals surface area contributed by atoms with Crippen LogP contribution in [0.4, 0.5) is 0 Å². The van der Waals surface area contributed by atoms with Gasteiger partial charge in [-0.05, 0) is 246 Å². The van der Waals surface area contributed by atoms with Crippen molar-refractivity contribution < 1.29 is 0 Å². The van der Waals surface area contributed by atoms with E-state index in [4.69, 9.17) is 19.9 Å². The highest BCUT2D eigenvalue weighted by Gasteiger charge is 2.28. The van der Waals surface area contributed by atoms with Crippen LogP contribution in [0.15, 0.2) is 522 Å². The predicted molar refractivity (Wildman–Crippen MR) is 598 cm³/mol. The molecule has 4 heterocycles. The summed E-state index contributed by atoms with van der Waals surface area (Å²) in [6.45, 7) is 0. The van der Waals surface area contributed by atoms with Crippen LogP contribution in [0.3, 0.4) is 0 Å². The van der Waals surface area contributed by atoms with E-state index >= 15 is 0 Å². The third-order valence-corrected chi connectivity index (χ3v) is 28.7. The smallest absolute Gasteiger partial charge is 0.0979 e. The largest absolute Gasteiger partial charge is 0.309 e. The number of hydrogen-bond acceptors (Lipinski definition) is 4. The van der Waals surface area contributed by atoms with Gasteiger partial charge in [0.2, 0.25) is 0 Å². The maximum absolute atomic E-state index is 5.48. The standard InChI is InChI=1S/2C68H43N3/c1-4-18-44(19-5-1)50-40-51(45-20-6-2-7-21-45)42-52(41-50)46-32-34-49(35-33-46)67-68(70-61-31-17-16-30-60(61)69-67)58-37-39-62(56-28-14-12-26-54(56)58)71-63-38-36-48-24-10-11-25-53(48)65(63)66-57-29-15-13-27-55(57)59(43-64(66)71)47-22-8-3-9-23-47;1-3-17-44(18-4-1)49-22-15-23-50(41-49)46-33-35-48(36-34-46)67-68(70-61-32-14-13-31-60(61)69-67)58-38-40-62(56-29-11-9-27-54(56)58)71-63-39-37-47-21-7-8-26-53(47)65(63)66-57-30-12-10-28-55(57)59(43-64(66)71)52-25-16-24-51(42-52)45-19-5-2-6-20-45/h2*1-43H. The summed E-state index contributed by atoms with van der Waals surface area (Å²) in [7, 11) is 0. The SMILES string of the molecule is c1ccc(-c2cc(-c3ccccc3)cc(-c3ccc(-c4nc5ccccc5nc4-c4ccc(-n5c6ccc7ccccc7c6c6c7ccccc7c(-c7ccccc7)cc65)c5ccccc45)cc3)c2)cc1.c1ccc(-c2cccc(-c3ccc(-c4nc5ccccc5nc4-c4ccc(-n5c6ccc7ccccc7c6c6c7ccccc7c(-c7cccc(-c8ccccc8)c7)cc65)c5ccccc45)cc3)c2)cc1. The third-order valence-electron chi connectivity index (χ3n) is 28.7. The average molecular weight is 1800 g/mol. The van der Waals surface area contributed by atoms with Gasteiger partial charge in [0.1, 0.15) is 0 Å². The second-order valence-corrected chi connectivity index (χ2v) is 36.9.